The number of hydrogen-bond acceptors (Lipinski definition) is 6. The molecule has 1 aliphatic heterocycles. The van der Waals surface area contributed by atoms with E-state index in [4.69, 9.17) is 0 Å². The Morgan fingerprint density at radius 2 is 2.15 bits per heavy atom. The summed E-state index contributed by atoms with van der Waals surface area (Å²) in [5.41, 5.74) is 6.34. The van der Waals surface area contributed by atoms with Crippen molar-refractivity contribution in [2.45, 2.75) is 39.3 Å². The Hall–Kier alpha value is -2.03. The maximum atomic E-state index is 12.6. The van der Waals surface area contributed by atoms with Gasteiger partial charge in [-0.25, -0.2) is 4.98 Å². The number of aromatic nitrogens is 2. The summed E-state index contributed by atoms with van der Waals surface area (Å²) in [4.78, 5) is 34.4. The van der Waals surface area contributed by atoms with Crippen molar-refractivity contribution >= 4 is 17.2 Å². The van der Waals surface area contributed by atoms with Gasteiger partial charge in [0.2, 0.25) is 0 Å². The van der Waals surface area contributed by atoms with Gasteiger partial charge in [-0.05, 0) is 23.3 Å². The van der Waals surface area contributed by atoms with Crippen LogP contribution in [0.15, 0.2) is 28.5 Å². The summed E-state index contributed by atoms with van der Waals surface area (Å²) in [6.45, 7) is 7.07. The molecule has 3 rings (SSSR count). The molecule has 1 saturated heterocycles. The average molecular weight is 375 g/mol. The van der Waals surface area contributed by atoms with Gasteiger partial charge in [0.25, 0.3) is 11.5 Å². The van der Waals surface area contributed by atoms with Crippen molar-refractivity contribution in [3.63, 3.8) is 0 Å². The maximum Gasteiger partial charge on any atom is 0.264 e. The average Bonchev–Trinajstić information content (AvgIpc) is 3.25. The van der Waals surface area contributed by atoms with E-state index in [9.17, 15) is 9.59 Å². The Morgan fingerprint density at radius 3 is 2.73 bits per heavy atom. The van der Waals surface area contributed by atoms with Crippen LogP contribution in [0.3, 0.4) is 0 Å². The molecule has 1 aliphatic rings. The highest BCUT2D eigenvalue weighted by Crippen LogP contribution is 2.25. The highest BCUT2D eigenvalue weighted by Gasteiger charge is 2.33. The second-order valence-corrected chi connectivity index (χ2v) is 8.73. The van der Waals surface area contributed by atoms with Crippen LogP contribution in [0.4, 0.5) is 0 Å². The van der Waals surface area contributed by atoms with E-state index >= 15 is 0 Å². The lowest BCUT2D eigenvalue weighted by Crippen LogP contribution is -2.43. The first kappa shape index (κ1) is 18.8. The fraction of sp³-hybridized carbons (Fsp3) is 0.500. The normalized spacial score (nSPS) is 20.3. The molecule has 2 aromatic heterocycles. The second kappa shape index (κ2) is 7.30. The Kier molecular flexibility index (Phi) is 5.27. The SMILES string of the molecule is CN(CC1CC(C(C)(C)C)NN1)C(=O)c1cnc(-c2cccs2)[nH]c1=O. The Bertz CT molecular complexity index is 825. The minimum atomic E-state index is -0.412. The fourth-order valence-electron chi connectivity index (χ4n) is 3.02. The molecule has 140 valence electrons. The molecule has 26 heavy (non-hydrogen) atoms. The van der Waals surface area contributed by atoms with E-state index in [2.05, 4.69) is 41.6 Å². The number of hydrogen-bond donors (Lipinski definition) is 3. The summed E-state index contributed by atoms with van der Waals surface area (Å²) in [6, 6.07) is 4.25. The van der Waals surface area contributed by atoms with Crippen LogP contribution in [-0.4, -0.2) is 46.5 Å². The molecule has 2 aromatic rings. The highest BCUT2D eigenvalue weighted by molar-refractivity contribution is 7.13. The molecule has 1 amide bonds. The van der Waals surface area contributed by atoms with Gasteiger partial charge in [-0.15, -0.1) is 11.3 Å². The number of aromatic amines is 1. The van der Waals surface area contributed by atoms with E-state index in [1.165, 1.54) is 17.5 Å². The van der Waals surface area contributed by atoms with Gasteiger partial charge >= 0.3 is 0 Å². The number of thiophene rings is 1. The van der Waals surface area contributed by atoms with Gasteiger partial charge in [0, 0.05) is 31.9 Å². The summed E-state index contributed by atoms with van der Waals surface area (Å²) >= 11 is 1.49. The lowest BCUT2D eigenvalue weighted by atomic mass is 9.84. The van der Waals surface area contributed by atoms with Crippen LogP contribution in [-0.2, 0) is 0 Å². The van der Waals surface area contributed by atoms with Crippen LogP contribution in [0.25, 0.3) is 10.7 Å². The van der Waals surface area contributed by atoms with Gasteiger partial charge in [-0.1, -0.05) is 26.8 Å². The summed E-state index contributed by atoms with van der Waals surface area (Å²) in [7, 11) is 1.71. The number of likely N-dealkylation sites (N-methyl/N-ethyl adjacent to an activating group) is 1. The minimum Gasteiger partial charge on any atom is -0.340 e. The lowest BCUT2D eigenvalue weighted by Gasteiger charge is -2.26. The molecule has 0 bridgehead atoms. The molecule has 8 heteroatoms. The zero-order valence-electron chi connectivity index (χ0n) is 15.5. The van der Waals surface area contributed by atoms with Crippen molar-refractivity contribution in [2.75, 3.05) is 13.6 Å². The van der Waals surface area contributed by atoms with Crippen LogP contribution >= 0.6 is 11.3 Å². The summed E-state index contributed by atoms with van der Waals surface area (Å²) in [6.07, 6.45) is 2.29. The highest BCUT2D eigenvalue weighted by atomic mass is 32.1. The number of nitrogens with zero attached hydrogens (tertiary/aromatic N) is 2. The van der Waals surface area contributed by atoms with E-state index in [-0.39, 0.29) is 22.9 Å². The van der Waals surface area contributed by atoms with E-state index < -0.39 is 5.56 Å². The molecular weight excluding hydrogens is 350 g/mol. The zero-order valence-corrected chi connectivity index (χ0v) is 16.3. The van der Waals surface area contributed by atoms with Gasteiger partial charge < -0.3 is 9.88 Å². The van der Waals surface area contributed by atoms with Crippen LogP contribution in [0.2, 0.25) is 0 Å². The second-order valence-electron chi connectivity index (χ2n) is 7.78. The molecule has 0 radical (unpaired) electrons. The van der Waals surface area contributed by atoms with Crippen LogP contribution in [0, 0.1) is 5.41 Å². The van der Waals surface area contributed by atoms with Gasteiger partial charge in [0.15, 0.2) is 0 Å². The van der Waals surface area contributed by atoms with Crippen molar-refractivity contribution in [1.29, 1.82) is 0 Å². The Labute approximate surface area is 156 Å². The molecule has 0 saturated carbocycles. The predicted octanol–water partition coefficient (Wildman–Crippen LogP) is 1.85. The molecule has 2 unspecified atom stereocenters. The number of carbonyl (C=O) groups excluding carboxylic acids is 1. The van der Waals surface area contributed by atoms with Gasteiger partial charge in [-0.2, -0.15) is 0 Å². The van der Waals surface area contributed by atoms with Crippen LogP contribution in [0.5, 0.6) is 0 Å². The minimum absolute atomic E-state index is 0.0612. The molecular formula is C18H25N5O2S. The summed E-state index contributed by atoms with van der Waals surface area (Å²) in [5.74, 6) is 0.163. The Balaban J connectivity index is 1.67. The molecule has 3 heterocycles. The summed E-state index contributed by atoms with van der Waals surface area (Å²) in [5, 5.41) is 1.91. The van der Waals surface area contributed by atoms with E-state index in [0.717, 1.165) is 11.3 Å². The van der Waals surface area contributed by atoms with E-state index in [0.29, 0.717) is 18.4 Å². The van der Waals surface area contributed by atoms with E-state index in [1.54, 1.807) is 11.9 Å². The first-order valence-electron chi connectivity index (χ1n) is 8.65. The van der Waals surface area contributed by atoms with Crippen molar-refractivity contribution in [2.24, 2.45) is 5.41 Å². The molecule has 0 aliphatic carbocycles. The van der Waals surface area contributed by atoms with Gasteiger partial charge in [-0.3, -0.25) is 20.4 Å². The van der Waals surface area contributed by atoms with Gasteiger partial charge in [0.05, 0.1) is 4.88 Å². The molecule has 1 fully saturated rings. The number of H-pyrrole nitrogens is 1. The number of nitrogens with one attached hydrogen (secondary N) is 3. The number of amides is 1. The van der Waals surface area contributed by atoms with Gasteiger partial charge in [0.1, 0.15) is 11.4 Å². The van der Waals surface area contributed by atoms with Crippen LogP contribution in [0.1, 0.15) is 37.6 Å². The third kappa shape index (κ3) is 4.03. The number of carbonyl (C=O) groups is 1. The Morgan fingerprint density at radius 1 is 1.38 bits per heavy atom. The molecule has 7 nitrogen and oxygen atoms in total. The molecule has 0 spiro atoms. The first-order chi connectivity index (χ1) is 12.3. The fourth-order valence-corrected chi connectivity index (χ4v) is 3.69. The third-order valence-electron chi connectivity index (χ3n) is 4.65. The maximum absolute atomic E-state index is 12.6. The topological polar surface area (TPSA) is 90.1 Å². The van der Waals surface area contributed by atoms with Crippen molar-refractivity contribution in [3.05, 3.63) is 39.6 Å². The summed E-state index contributed by atoms with van der Waals surface area (Å²) < 4.78 is 0. The quantitative estimate of drug-likeness (QED) is 0.759. The van der Waals surface area contributed by atoms with Crippen molar-refractivity contribution < 1.29 is 4.79 Å². The standard InChI is InChI=1S/C18H25N5O2S/c1-18(2,3)14-8-11(21-22-14)10-23(4)17(25)12-9-19-15(20-16(12)24)13-6-5-7-26-13/h5-7,9,11,14,21-22H,8,10H2,1-4H3,(H,19,20,24). The van der Waals surface area contributed by atoms with Crippen LogP contribution < -0.4 is 16.4 Å². The number of hydrazine groups is 1. The monoisotopic (exact) mass is 375 g/mol. The third-order valence-corrected chi connectivity index (χ3v) is 5.53. The molecule has 2 atom stereocenters. The largest absolute Gasteiger partial charge is 0.340 e. The number of rotatable bonds is 4. The smallest absolute Gasteiger partial charge is 0.264 e. The predicted molar refractivity (Wildman–Crippen MR) is 103 cm³/mol. The lowest BCUT2D eigenvalue weighted by molar-refractivity contribution is 0.0780. The molecule has 3 N–H and O–H groups in total. The first-order valence-corrected chi connectivity index (χ1v) is 9.53. The van der Waals surface area contributed by atoms with Crippen molar-refractivity contribution in [3.8, 4) is 10.7 Å². The van der Waals surface area contributed by atoms with E-state index in [1.807, 2.05) is 17.5 Å². The van der Waals surface area contributed by atoms with Crippen molar-refractivity contribution in [1.82, 2.24) is 25.7 Å². The molecule has 0 aromatic carbocycles. The zero-order chi connectivity index (χ0) is 18.9.